The van der Waals surface area contributed by atoms with E-state index in [0.29, 0.717) is 5.69 Å². The Bertz CT molecular complexity index is 614. The number of nitro groups is 1. The van der Waals surface area contributed by atoms with E-state index < -0.39 is 4.92 Å². The first-order valence-electron chi connectivity index (χ1n) is 6.03. The predicted molar refractivity (Wildman–Crippen MR) is 76.2 cm³/mol. The van der Waals surface area contributed by atoms with Gasteiger partial charge in [-0.3, -0.25) is 0 Å². The Labute approximate surface area is 119 Å². The number of nitrogens with zero attached hydrogens (tertiary/aromatic N) is 3. The highest BCUT2D eigenvalue weighted by molar-refractivity contribution is 7.15. The molecule has 0 saturated carbocycles. The molecule has 0 atom stereocenters. The summed E-state index contributed by atoms with van der Waals surface area (Å²) in [5.41, 5.74) is 0.580. The van der Waals surface area contributed by atoms with E-state index in [9.17, 15) is 10.1 Å². The van der Waals surface area contributed by atoms with Crippen LogP contribution in [0.3, 0.4) is 0 Å². The van der Waals surface area contributed by atoms with E-state index in [1.54, 1.807) is 25.3 Å². The molecule has 106 valence electrons. The predicted octanol–water partition coefficient (Wildman–Crippen LogP) is 2.77. The zero-order valence-corrected chi connectivity index (χ0v) is 11.9. The lowest BCUT2D eigenvalue weighted by Crippen LogP contribution is -2.00. The molecular weight excluding hydrogens is 280 g/mol. The van der Waals surface area contributed by atoms with Gasteiger partial charge in [0.1, 0.15) is 12.3 Å². The Morgan fingerprint density at radius 3 is 3.00 bits per heavy atom. The highest BCUT2D eigenvalue weighted by atomic mass is 32.1. The summed E-state index contributed by atoms with van der Waals surface area (Å²) >= 11 is 1.46. The monoisotopic (exact) mass is 294 g/mol. The maximum atomic E-state index is 10.9. The van der Waals surface area contributed by atoms with Crippen LogP contribution in [0.2, 0.25) is 0 Å². The lowest BCUT2D eigenvalue weighted by atomic mass is 10.3. The van der Waals surface area contributed by atoms with Crippen LogP contribution in [0.5, 0.6) is 5.75 Å². The molecule has 0 aliphatic heterocycles. The van der Waals surface area contributed by atoms with Crippen LogP contribution < -0.4 is 10.1 Å². The standard InChI is InChI=1S/C12H14N4O3S/c1-3-13-12-14-6-9(20-12)7-19-10-5-4-8(2)15-11(10)16(17)18/h4-6H,3,7H2,1-2H3,(H,13,14). The molecule has 7 nitrogen and oxygen atoms in total. The average molecular weight is 294 g/mol. The summed E-state index contributed by atoms with van der Waals surface area (Å²) < 4.78 is 5.47. The number of aromatic nitrogens is 2. The van der Waals surface area contributed by atoms with Crippen molar-refractivity contribution in [1.29, 1.82) is 0 Å². The van der Waals surface area contributed by atoms with Crippen LogP contribution in [0.25, 0.3) is 0 Å². The van der Waals surface area contributed by atoms with Crippen LogP contribution >= 0.6 is 11.3 Å². The van der Waals surface area contributed by atoms with Crippen LogP contribution in [0.15, 0.2) is 18.3 Å². The second-order valence-electron chi connectivity index (χ2n) is 3.98. The van der Waals surface area contributed by atoms with E-state index in [0.717, 1.165) is 16.6 Å². The van der Waals surface area contributed by atoms with Crippen molar-refractivity contribution < 1.29 is 9.66 Å². The van der Waals surface area contributed by atoms with Gasteiger partial charge in [0.2, 0.25) is 5.75 Å². The molecule has 0 bridgehead atoms. The normalized spacial score (nSPS) is 10.3. The Morgan fingerprint density at radius 2 is 2.30 bits per heavy atom. The van der Waals surface area contributed by atoms with E-state index in [4.69, 9.17) is 4.74 Å². The van der Waals surface area contributed by atoms with Gasteiger partial charge >= 0.3 is 5.82 Å². The molecule has 0 radical (unpaired) electrons. The van der Waals surface area contributed by atoms with Crippen LogP contribution in [0.1, 0.15) is 17.5 Å². The van der Waals surface area contributed by atoms with Crippen molar-refractivity contribution >= 4 is 22.3 Å². The summed E-state index contributed by atoms with van der Waals surface area (Å²) in [6.45, 7) is 4.71. The van der Waals surface area contributed by atoms with Crippen LogP contribution in [-0.4, -0.2) is 21.4 Å². The Kier molecular flexibility index (Phi) is 4.46. The van der Waals surface area contributed by atoms with E-state index in [2.05, 4.69) is 15.3 Å². The van der Waals surface area contributed by atoms with E-state index >= 15 is 0 Å². The van der Waals surface area contributed by atoms with Crippen molar-refractivity contribution in [2.24, 2.45) is 0 Å². The SMILES string of the molecule is CCNc1ncc(COc2ccc(C)nc2[N+](=O)[O-])s1. The number of pyridine rings is 1. The van der Waals surface area contributed by atoms with Gasteiger partial charge in [-0.1, -0.05) is 11.3 Å². The first-order valence-corrected chi connectivity index (χ1v) is 6.85. The second-order valence-corrected chi connectivity index (χ2v) is 5.10. The lowest BCUT2D eigenvalue weighted by Gasteiger charge is -2.04. The number of ether oxygens (including phenoxy) is 1. The molecule has 2 aromatic heterocycles. The van der Waals surface area contributed by atoms with Crippen LogP contribution in [0, 0.1) is 17.0 Å². The van der Waals surface area contributed by atoms with Crippen molar-refractivity contribution in [2.75, 3.05) is 11.9 Å². The van der Waals surface area contributed by atoms with Gasteiger partial charge in [0.25, 0.3) is 0 Å². The van der Waals surface area contributed by atoms with Gasteiger partial charge in [-0.2, -0.15) is 0 Å². The molecule has 2 aromatic rings. The molecule has 1 N–H and O–H groups in total. The molecule has 8 heteroatoms. The molecular formula is C12H14N4O3S. The molecule has 2 rings (SSSR count). The summed E-state index contributed by atoms with van der Waals surface area (Å²) in [4.78, 5) is 19.3. The van der Waals surface area contributed by atoms with Crippen LogP contribution in [-0.2, 0) is 6.61 Å². The number of aryl methyl sites for hydroxylation is 1. The maximum Gasteiger partial charge on any atom is 0.406 e. The summed E-state index contributed by atoms with van der Waals surface area (Å²) in [6, 6.07) is 3.24. The number of hydrogen-bond donors (Lipinski definition) is 1. The van der Waals surface area contributed by atoms with Crippen LogP contribution in [0.4, 0.5) is 10.9 Å². The third-order valence-corrected chi connectivity index (χ3v) is 3.33. The van der Waals surface area contributed by atoms with Gasteiger partial charge in [-0.25, -0.2) is 4.98 Å². The van der Waals surface area contributed by atoms with Gasteiger partial charge in [0.05, 0.1) is 4.88 Å². The number of thiazole rings is 1. The molecule has 0 spiro atoms. The topological polar surface area (TPSA) is 90.2 Å². The highest BCUT2D eigenvalue weighted by Crippen LogP contribution is 2.26. The molecule has 0 unspecified atom stereocenters. The van der Waals surface area contributed by atoms with Gasteiger partial charge in [0.15, 0.2) is 5.13 Å². The molecule has 0 saturated heterocycles. The fourth-order valence-electron chi connectivity index (χ4n) is 1.53. The first-order chi connectivity index (χ1) is 9.60. The molecule has 20 heavy (non-hydrogen) atoms. The fraction of sp³-hybridized carbons (Fsp3) is 0.333. The minimum atomic E-state index is -0.543. The van der Waals surface area contributed by atoms with E-state index in [1.807, 2.05) is 6.92 Å². The smallest absolute Gasteiger partial charge is 0.406 e. The molecule has 2 heterocycles. The quantitative estimate of drug-likeness (QED) is 0.650. The second kappa shape index (κ2) is 6.29. The van der Waals surface area contributed by atoms with Crippen molar-refractivity contribution in [3.63, 3.8) is 0 Å². The molecule has 0 amide bonds. The number of hydrogen-bond acceptors (Lipinski definition) is 7. The number of anilines is 1. The number of rotatable bonds is 6. The summed E-state index contributed by atoms with van der Waals surface area (Å²) in [5, 5.41) is 14.8. The minimum absolute atomic E-state index is 0.166. The largest absolute Gasteiger partial charge is 0.480 e. The van der Waals surface area contributed by atoms with Gasteiger partial charge in [-0.15, -0.1) is 0 Å². The third kappa shape index (κ3) is 3.41. The van der Waals surface area contributed by atoms with Gasteiger partial charge in [-0.05, 0) is 29.0 Å². The fourth-order valence-corrected chi connectivity index (χ4v) is 2.32. The Morgan fingerprint density at radius 1 is 1.50 bits per heavy atom. The van der Waals surface area contributed by atoms with E-state index in [1.165, 1.54) is 11.3 Å². The summed E-state index contributed by atoms with van der Waals surface area (Å²) in [5.74, 6) is -0.0968. The molecule has 0 aromatic carbocycles. The van der Waals surface area contributed by atoms with Crippen molar-refractivity contribution in [3.05, 3.63) is 39.0 Å². The molecule has 0 aliphatic rings. The van der Waals surface area contributed by atoms with Gasteiger partial charge in [0, 0.05) is 19.7 Å². The highest BCUT2D eigenvalue weighted by Gasteiger charge is 2.17. The van der Waals surface area contributed by atoms with Crippen molar-refractivity contribution in [1.82, 2.24) is 9.97 Å². The van der Waals surface area contributed by atoms with Gasteiger partial charge < -0.3 is 20.2 Å². The molecule has 0 aliphatic carbocycles. The Balaban J connectivity index is 2.08. The first kappa shape index (κ1) is 14.2. The zero-order chi connectivity index (χ0) is 14.5. The van der Waals surface area contributed by atoms with Crippen molar-refractivity contribution in [3.8, 4) is 5.75 Å². The zero-order valence-electron chi connectivity index (χ0n) is 11.1. The summed E-state index contributed by atoms with van der Waals surface area (Å²) in [6.07, 6.45) is 1.69. The minimum Gasteiger partial charge on any atom is -0.480 e. The van der Waals surface area contributed by atoms with E-state index in [-0.39, 0.29) is 18.2 Å². The summed E-state index contributed by atoms with van der Waals surface area (Å²) in [7, 11) is 0. The maximum absolute atomic E-state index is 10.9. The van der Waals surface area contributed by atoms with Crippen molar-refractivity contribution in [2.45, 2.75) is 20.5 Å². The number of nitrogens with one attached hydrogen (secondary N) is 1. The Hall–Kier alpha value is -2.22. The molecule has 0 fully saturated rings. The average Bonchev–Trinajstić information content (AvgIpc) is 2.85. The third-order valence-electron chi connectivity index (χ3n) is 2.40. The lowest BCUT2D eigenvalue weighted by molar-refractivity contribution is -0.390.